The number of nitrogens with two attached hydrogens (primary N) is 1. The molecule has 0 saturated carbocycles. The van der Waals surface area contributed by atoms with Crippen molar-refractivity contribution in [3.05, 3.63) is 35.9 Å². The first kappa shape index (κ1) is 16.0. The molecule has 0 saturated heterocycles. The van der Waals surface area contributed by atoms with Gasteiger partial charge in [-0.2, -0.15) is 0 Å². The fourth-order valence-electron chi connectivity index (χ4n) is 1.95. The van der Waals surface area contributed by atoms with Crippen LogP contribution in [-0.2, 0) is 9.53 Å². The van der Waals surface area contributed by atoms with Crippen LogP contribution in [0.1, 0.15) is 37.7 Å². The Bertz CT molecular complexity index is 420. The predicted molar refractivity (Wildman–Crippen MR) is 77.3 cm³/mol. The minimum absolute atomic E-state index is 0.187. The first-order chi connectivity index (χ1) is 9.63. The fraction of sp³-hybridized carbons (Fsp3) is 0.467. The van der Waals surface area contributed by atoms with Crippen LogP contribution >= 0.6 is 0 Å². The van der Waals surface area contributed by atoms with E-state index in [2.05, 4.69) is 12.2 Å². The van der Waals surface area contributed by atoms with Crippen LogP contribution in [0.15, 0.2) is 30.3 Å². The zero-order valence-corrected chi connectivity index (χ0v) is 11.8. The van der Waals surface area contributed by atoms with Gasteiger partial charge in [0.25, 0.3) is 0 Å². The second-order valence-electron chi connectivity index (χ2n) is 4.59. The summed E-state index contributed by atoms with van der Waals surface area (Å²) >= 11 is 0. The molecule has 1 aromatic rings. The van der Waals surface area contributed by atoms with Crippen molar-refractivity contribution in [3.63, 3.8) is 0 Å². The lowest BCUT2D eigenvalue weighted by Crippen LogP contribution is -2.30. The summed E-state index contributed by atoms with van der Waals surface area (Å²) in [5, 5.41) is 2.44. The number of esters is 1. The highest BCUT2D eigenvalue weighted by molar-refractivity contribution is 5.71. The molecule has 0 unspecified atom stereocenters. The molecular weight excluding hydrogens is 256 g/mol. The lowest BCUT2D eigenvalue weighted by Gasteiger charge is -2.14. The van der Waals surface area contributed by atoms with E-state index in [1.165, 1.54) is 0 Å². The number of benzene rings is 1. The molecule has 5 nitrogen and oxygen atoms in total. The number of hydrogen-bond acceptors (Lipinski definition) is 3. The van der Waals surface area contributed by atoms with Crippen molar-refractivity contribution in [3.8, 4) is 0 Å². The molecule has 0 bridgehead atoms. The zero-order valence-electron chi connectivity index (χ0n) is 11.8. The maximum Gasteiger partial charge on any atom is 0.312 e. The molecule has 2 amide bonds. The van der Waals surface area contributed by atoms with E-state index in [1.807, 2.05) is 30.3 Å². The molecule has 0 fully saturated rings. The monoisotopic (exact) mass is 278 g/mol. The molecule has 0 heterocycles. The van der Waals surface area contributed by atoms with Crippen molar-refractivity contribution < 1.29 is 14.3 Å². The Balaban J connectivity index is 2.28. The van der Waals surface area contributed by atoms with Gasteiger partial charge < -0.3 is 15.8 Å². The molecule has 0 spiro atoms. The second-order valence-corrected chi connectivity index (χ2v) is 4.59. The average Bonchev–Trinajstić information content (AvgIpc) is 2.45. The zero-order chi connectivity index (χ0) is 14.8. The number of ether oxygens (including phenoxy) is 1. The van der Waals surface area contributed by atoms with Crippen molar-refractivity contribution in [2.45, 2.75) is 32.1 Å². The Morgan fingerprint density at radius 1 is 1.30 bits per heavy atom. The number of carbonyl (C=O) groups is 2. The Hall–Kier alpha value is -2.04. The second kappa shape index (κ2) is 8.96. The van der Waals surface area contributed by atoms with Gasteiger partial charge in [0.2, 0.25) is 0 Å². The first-order valence-electron chi connectivity index (χ1n) is 6.87. The molecule has 5 heteroatoms. The summed E-state index contributed by atoms with van der Waals surface area (Å²) in [4.78, 5) is 22.2. The normalized spacial score (nSPS) is 11.7. The topological polar surface area (TPSA) is 81.4 Å². The van der Waals surface area contributed by atoms with Gasteiger partial charge in [0.1, 0.15) is 0 Å². The van der Waals surface area contributed by atoms with E-state index in [-0.39, 0.29) is 11.9 Å². The molecule has 0 aliphatic rings. The van der Waals surface area contributed by atoms with E-state index in [1.54, 1.807) is 0 Å². The highest BCUT2D eigenvalue weighted by Gasteiger charge is 2.14. The van der Waals surface area contributed by atoms with Crippen molar-refractivity contribution in [1.29, 1.82) is 0 Å². The van der Waals surface area contributed by atoms with E-state index in [0.29, 0.717) is 26.0 Å². The van der Waals surface area contributed by atoms with Gasteiger partial charge in [0.05, 0.1) is 13.0 Å². The summed E-state index contributed by atoms with van der Waals surface area (Å²) in [5.41, 5.74) is 6.08. The average molecular weight is 278 g/mol. The Morgan fingerprint density at radius 2 is 2.00 bits per heavy atom. The molecule has 1 rings (SSSR count). The lowest BCUT2D eigenvalue weighted by molar-refractivity contribution is -0.144. The quantitative estimate of drug-likeness (QED) is 0.565. The lowest BCUT2D eigenvalue weighted by atomic mass is 9.93. The molecule has 1 aromatic carbocycles. The van der Waals surface area contributed by atoms with Gasteiger partial charge in [0.15, 0.2) is 0 Å². The van der Waals surface area contributed by atoms with Crippen LogP contribution in [0.5, 0.6) is 0 Å². The van der Waals surface area contributed by atoms with Gasteiger partial charge in [-0.15, -0.1) is 0 Å². The van der Waals surface area contributed by atoms with Crippen LogP contribution < -0.4 is 11.1 Å². The van der Waals surface area contributed by atoms with E-state index >= 15 is 0 Å². The van der Waals surface area contributed by atoms with Crippen molar-refractivity contribution in [1.82, 2.24) is 5.32 Å². The van der Waals surface area contributed by atoms with Gasteiger partial charge in [0, 0.05) is 6.54 Å². The van der Waals surface area contributed by atoms with Gasteiger partial charge >= 0.3 is 12.0 Å². The number of amides is 2. The molecule has 0 aliphatic heterocycles. The van der Waals surface area contributed by atoms with E-state index in [4.69, 9.17) is 10.5 Å². The molecule has 0 radical (unpaired) electrons. The number of primary amides is 1. The largest absolute Gasteiger partial charge is 0.466 e. The number of urea groups is 1. The van der Waals surface area contributed by atoms with Crippen molar-refractivity contribution >= 4 is 12.0 Å². The number of carbonyl (C=O) groups excluding carboxylic acids is 2. The van der Waals surface area contributed by atoms with Gasteiger partial charge in [-0.3, -0.25) is 4.79 Å². The summed E-state index contributed by atoms with van der Waals surface area (Å²) < 4.78 is 5.15. The highest BCUT2D eigenvalue weighted by Crippen LogP contribution is 2.23. The van der Waals surface area contributed by atoms with Gasteiger partial charge in [-0.25, -0.2) is 4.79 Å². The maximum absolute atomic E-state index is 11.7. The van der Waals surface area contributed by atoms with Gasteiger partial charge in [-0.1, -0.05) is 37.3 Å². The van der Waals surface area contributed by atoms with Crippen LogP contribution in [0, 0.1) is 0 Å². The van der Waals surface area contributed by atoms with E-state index in [0.717, 1.165) is 12.0 Å². The van der Waals surface area contributed by atoms with Crippen LogP contribution in [0.3, 0.4) is 0 Å². The van der Waals surface area contributed by atoms with Gasteiger partial charge in [-0.05, 0) is 24.3 Å². The molecule has 0 aliphatic carbocycles. The van der Waals surface area contributed by atoms with E-state index in [9.17, 15) is 9.59 Å². The Kier molecular flexibility index (Phi) is 7.17. The summed E-state index contributed by atoms with van der Waals surface area (Å²) in [6.45, 7) is 2.77. The summed E-state index contributed by atoms with van der Waals surface area (Å²) in [6.07, 6.45) is 1.84. The first-order valence-corrected chi connectivity index (χ1v) is 6.87. The molecule has 0 aromatic heterocycles. The molecule has 1 atom stereocenters. The Labute approximate surface area is 119 Å². The summed E-state index contributed by atoms with van der Waals surface area (Å²) in [6, 6.07) is 9.39. The minimum atomic E-state index is -0.563. The molecular formula is C15H22N2O3. The van der Waals surface area contributed by atoms with Crippen LogP contribution in [-0.4, -0.2) is 25.2 Å². The third-order valence-electron chi connectivity index (χ3n) is 3.06. The predicted octanol–water partition coefficient (Wildman–Crippen LogP) is 2.17. The fourth-order valence-corrected chi connectivity index (χ4v) is 1.95. The Morgan fingerprint density at radius 3 is 2.60 bits per heavy atom. The molecule has 110 valence electrons. The maximum atomic E-state index is 11.7. The SMILES string of the molecule is CC[C@H](CC(=O)OCCCNC(N)=O)c1ccccc1. The van der Waals surface area contributed by atoms with E-state index < -0.39 is 6.03 Å². The molecule has 20 heavy (non-hydrogen) atoms. The minimum Gasteiger partial charge on any atom is -0.466 e. The van der Waals surface area contributed by atoms with Crippen molar-refractivity contribution in [2.24, 2.45) is 5.73 Å². The standard InChI is InChI=1S/C15H22N2O3/c1-2-12(13-7-4-3-5-8-13)11-14(18)20-10-6-9-17-15(16)19/h3-5,7-8,12H,2,6,9-11H2,1H3,(H3,16,17,19)/t12-/m1/s1. The van der Waals surface area contributed by atoms with Crippen LogP contribution in [0.25, 0.3) is 0 Å². The smallest absolute Gasteiger partial charge is 0.312 e. The third-order valence-corrected chi connectivity index (χ3v) is 3.06. The number of nitrogens with one attached hydrogen (secondary N) is 1. The van der Waals surface area contributed by atoms with Crippen LogP contribution in [0.2, 0.25) is 0 Å². The summed E-state index contributed by atoms with van der Waals surface area (Å²) in [7, 11) is 0. The third kappa shape index (κ3) is 6.22. The van der Waals surface area contributed by atoms with Crippen LogP contribution in [0.4, 0.5) is 4.79 Å². The summed E-state index contributed by atoms with van der Waals surface area (Å²) in [5.74, 6) is -0.0211. The number of hydrogen-bond donors (Lipinski definition) is 2. The molecule has 3 N–H and O–H groups in total. The number of rotatable bonds is 8. The van der Waals surface area contributed by atoms with Crippen molar-refractivity contribution in [2.75, 3.05) is 13.2 Å². The highest BCUT2D eigenvalue weighted by atomic mass is 16.5.